The van der Waals surface area contributed by atoms with Gasteiger partial charge in [-0.1, -0.05) is 0 Å². The van der Waals surface area contributed by atoms with Crippen LogP contribution in [-0.2, 0) is 17.7 Å². The Bertz CT molecular complexity index is 792. The molecule has 0 atom stereocenters. The van der Waals surface area contributed by atoms with Crippen LogP contribution in [0.3, 0.4) is 0 Å². The number of nitrogens with one attached hydrogen (secondary N) is 1. The van der Waals surface area contributed by atoms with Gasteiger partial charge in [-0.15, -0.1) is 10.2 Å². The minimum Gasteiger partial charge on any atom is -0.383 e. The van der Waals surface area contributed by atoms with Crippen molar-refractivity contribution in [3.8, 4) is 0 Å². The summed E-state index contributed by atoms with van der Waals surface area (Å²) in [6.45, 7) is 6.21. The first-order valence-electron chi connectivity index (χ1n) is 7.61. The first-order chi connectivity index (χ1) is 11.2. The van der Waals surface area contributed by atoms with Crippen LogP contribution in [0.25, 0.3) is 5.65 Å². The lowest BCUT2D eigenvalue weighted by Crippen LogP contribution is -2.15. The zero-order chi connectivity index (χ0) is 16.2. The molecule has 8 nitrogen and oxygen atoms in total. The molecule has 0 saturated carbocycles. The van der Waals surface area contributed by atoms with Gasteiger partial charge in [-0.2, -0.15) is 9.61 Å². The summed E-state index contributed by atoms with van der Waals surface area (Å²) in [5.41, 5.74) is 2.95. The number of hydrogen-bond donors (Lipinski definition) is 1. The van der Waals surface area contributed by atoms with Crippen molar-refractivity contribution in [2.75, 3.05) is 25.6 Å². The molecule has 0 unspecified atom stereocenters. The fraction of sp³-hybridized carbons (Fsp3) is 0.467. The molecule has 1 N–H and O–H groups in total. The van der Waals surface area contributed by atoms with Crippen LogP contribution in [0.15, 0.2) is 18.6 Å². The maximum absolute atomic E-state index is 5.10. The molecule has 122 valence electrons. The average Bonchev–Trinajstić information content (AvgIpc) is 3.18. The molecule has 0 radical (unpaired) electrons. The number of methoxy groups -OCH3 is 1. The van der Waals surface area contributed by atoms with Crippen LogP contribution in [0.5, 0.6) is 0 Å². The monoisotopic (exact) mass is 315 g/mol. The van der Waals surface area contributed by atoms with Gasteiger partial charge in [-0.25, -0.2) is 4.98 Å². The second kappa shape index (κ2) is 6.74. The number of aryl methyl sites for hydroxylation is 1. The normalized spacial score (nSPS) is 11.3. The molecule has 23 heavy (non-hydrogen) atoms. The maximum Gasteiger partial charge on any atom is 0.157 e. The second-order valence-corrected chi connectivity index (χ2v) is 5.38. The first-order valence-corrected chi connectivity index (χ1v) is 7.61. The van der Waals surface area contributed by atoms with Crippen LogP contribution in [0.1, 0.15) is 17.1 Å². The fourth-order valence-electron chi connectivity index (χ4n) is 2.49. The van der Waals surface area contributed by atoms with Gasteiger partial charge < -0.3 is 14.6 Å². The van der Waals surface area contributed by atoms with Crippen LogP contribution in [0.2, 0.25) is 0 Å². The highest BCUT2D eigenvalue weighted by molar-refractivity contribution is 5.54. The summed E-state index contributed by atoms with van der Waals surface area (Å²) in [6.07, 6.45) is 4.27. The van der Waals surface area contributed by atoms with Gasteiger partial charge in [0.25, 0.3) is 0 Å². The highest BCUT2D eigenvalue weighted by Gasteiger charge is 2.10. The van der Waals surface area contributed by atoms with E-state index >= 15 is 0 Å². The standard InChI is InChI=1S/C15H21N7O/c1-11-12(2)19-13-5-7-18-22(13)15(11)16-6-4-14-20-17-10-21(14)8-9-23-3/h5,7,10,16H,4,6,8-9H2,1-3H3. The Labute approximate surface area is 134 Å². The predicted octanol–water partition coefficient (Wildman–Crippen LogP) is 1.24. The summed E-state index contributed by atoms with van der Waals surface area (Å²) in [7, 11) is 1.69. The zero-order valence-electron chi connectivity index (χ0n) is 13.7. The van der Waals surface area contributed by atoms with Crippen molar-refractivity contribution in [1.29, 1.82) is 0 Å². The number of aromatic nitrogens is 6. The van der Waals surface area contributed by atoms with Crippen LogP contribution in [0, 0.1) is 13.8 Å². The molecule has 0 fully saturated rings. The topological polar surface area (TPSA) is 82.2 Å². The Morgan fingerprint density at radius 1 is 1.30 bits per heavy atom. The molecule has 0 aliphatic heterocycles. The molecule has 0 saturated heterocycles. The van der Waals surface area contributed by atoms with Gasteiger partial charge in [-0.3, -0.25) is 0 Å². The van der Waals surface area contributed by atoms with Gasteiger partial charge in [0.15, 0.2) is 5.65 Å². The van der Waals surface area contributed by atoms with E-state index in [9.17, 15) is 0 Å². The van der Waals surface area contributed by atoms with Crippen molar-refractivity contribution in [1.82, 2.24) is 29.4 Å². The lowest BCUT2D eigenvalue weighted by molar-refractivity contribution is 0.186. The minimum absolute atomic E-state index is 0.648. The van der Waals surface area contributed by atoms with E-state index in [1.54, 1.807) is 19.6 Å². The highest BCUT2D eigenvalue weighted by Crippen LogP contribution is 2.18. The lowest BCUT2D eigenvalue weighted by atomic mass is 10.2. The van der Waals surface area contributed by atoms with E-state index in [-0.39, 0.29) is 0 Å². The van der Waals surface area contributed by atoms with E-state index in [0.29, 0.717) is 6.61 Å². The summed E-state index contributed by atoms with van der Waals surface area (Å²) < 4.78 is 8.95. The molecule has 0 bridgehead atoms. The Balaban J connectivity index is 1.71. The quantitative estimate of drug-likeness (QED) is 0.706. The van der Waals surface area contributed by atoms with Gasteiger partial charge in [0.05, 0.1) is 12.8 Å². The number of nitrogens with zero attached hydrogens (tertiary/aromatic N) is 6. The van der Waals surface area contributed by atoms with Gasteiger partial charge >= 0.3 is 0 Å². The fourth-order valence-corrected chi connectivity index (χ4v) is 2.49. The van der Waals surface area contributed by atoms with E-state index < -0.39 is 0 Å². The number of anilines is 1. The molecular formula is C15H21N7O. The molecular weight excluding hydrogens is 294 g/mol. The van der Waals surface area contributed by atoms with Crippen LogP contribution in [0.4, 0.5) is 5.82 Å². The predicted molar refractivity (Wildman–Crippen MR) is 86.6 cm³/mol. The van der Waals surface area contributed by atoms with Crippen molar-refractivity contribution in [2.24, 2.45) is 0 Å². The van der Waals surface area contributed by atoms with Crippen molar-refractivity contribution < 1.29 is 4.74 Å². The van der Waals surface area contributed by atoms with E-state index in [2.05, 4.69) is 25.6 Å². The molecule has 0 amide bonds. The molecule has 0 aliphatic rings. The van der Waals surface area contributed by atoms with Crippen molar-refractivity contribution >= 4 is 11.5 Å². The van der Waals surface area contributed by atoms with Gasteiger partial charge in [0, 0.05) is 43.9 Å². The molecule has 0 spiro atoms. The second-order valence-electron chi connectivity index (χ2n) is 5.38. The molecule has 8 heteroatoms. The SMILES string of the molecule is COCCn1cnnc1CCNc1c(C)c(C)nc2ccnn12. The van der Waals surface area contributed by atoms with Crippen LogP contribution < -0.4 is 5.32 Å². The third-order valence-electron chi connectivity index (χ3n) is 3.89. The van der Waals surface area contributed by atoms with E-state index in [4.69, 9.17) is 4.74 Å². The largest absolute Gasteiger partial charge is 0.383 e. The van der Waals surface area contributed by atoms with E-state index in [1.165, 1.54) is 0 Å². The Hall–Kier alpha value is -2.48. The summed E-state index contributed by atoms with van der Waals surface area (Å²) >= 11 is 0. The first kappa shape index (κ1) is 15.4. The molecule has 3 aromatic heterocycles. The maximum atomic E-state index is 5.10. The molecule has 0 aliphatic carbocycles. The highest BCUT2D eigenvalue weighted by atomic mass is 16.5. The van der Waals surface area contributed by atoms with Gasteiger partial charge in [0.1, 0.15) is 18.0 Å². The molecule has 3 rings (SSSR count). The number of rotatable bonds is 7. The average molecular weight is 315 g/mol. The zero-order valence-corrected chi connectivity index (χ0v) is 13.7. The Kier molecular flexibility index (Phi) is 4.52. The smallest absolute Gasteiger partial charge is 0.157 e. The van der Waals surface area contributed by atoms with E-state index in [0.717, 1.165) is 48.1 Å². The van der Waals surface area contributed by atoms with Crippen molar-refractivity contribution in [2.45, 2.75) is 26.8 Å². The summed E-state index contributed by atoms with van der Waals surface area (Å²) in [5.74, 6) is 1.91. The van der Waals surface area contributed by atoms with Crippen molar-refractivity contribution in [3.63, 3.8) is 0 Å². The minimum atomic E-state index is 0.648. The third kappa shape index (κ3) is 3.16. The lowest BCUT2D eigenvalue weighted by Gasteiger charge is -2.13. The molecule has 0 aromatic carbocycles. The third-order valence-corrected chi connectivity index (χ3v) is 3.89. The molecule has 3 aromatic rings. The van der Waals surface area contributed by atoms with Gasteiger partial charge in [-0.05, 0) is 13.8 Å². The number of hydrogen-bond acceptors (Lipinski definition) is 6. The number of fused-ring (bicyclic) bond motifs is 1. The Morgan fingerprint density at radius 3 is 3.00 bits per heavy atom. The number of ether oxygens (including phenoxy) is 1. The summed E-state index contributed by atoms with van der Waals surface area (Å²) in [6, 6.07) is 1.90. The summed E-state index contributed by atoms with van der Waals surface area (Å²) in [5, 5.41) is 15.9. The van der Waals surface area contributed by atoms with Crippen molar-refractivity contribution in [3.05, 3.63) is 35.7 Å². The summed E-state index contributed by atoms with van der Waals surface area (Å²) in [4.78, 5) is 4.52. The Morgan fingerprint density at radius 2 is 2.17 bits per heavy atom. The van der Waals surface area contributed by atoms with E-state index in [1.807, 2.05) is 29.0 Å². The van der Waals surface area contributed by atoms with Gasteiger partial charge in [0.2, 0.25) is 0 Å². The molecule has 3 heterocycles. The van der Waals surface area contributed by atoms with Crippen LogP contribution in [-0.4, -0.2) is 49.6 Å². The van der Waals surface area contributed by atoms with Crippen LogP contribution >= 0.6 is 0 Å².